The van der Waals surface area contributed by atoms with Crippen molar-refractivity contribution in [3.63, 3.8) is 0 Å². The summed E-state index contributed by atoms with van der Waals surface area (Å²) in [7, 11) is 0. The fourth-order valence-corrected chi connectivity index (χ4v) is 2.47. The summed E-state index contributed by atoms with van der Waals surface area (Å²) in [6, 6.07) is 12.8. The van der Waals surface area contributed by atoms with E-state index in [0.29, 0.717) is 5.56 Å². The van der Waals surface area contributed by atoms with E-state index in [1.165, 1.54) is 22.8 Å². The van der Waals surface area contributed by atoms with Gasteiger partial charge in [-0.05, 0) is 53.8 Å². The van der Waals surface area contributed by atoms with E-state index in [-0.39, 0.29) is 5.82 Å². The maximum Gasteiger partial charge on any atom is 0.130 e. The first-order chi connectivity index (χ1) is 8.74. The topological polar surface area (TPSA) is 26.0 Å². The summed E-state index contributed by atoms with van der Waals surface area (Å²) in [6.07, 6.45) is 3.88. The number of nitrogen functional groups attached to an aromatic ring is 1. The highest BCUT2D eigenvalue weighted by Crippen LogP contribution is 2.34. The predicted molar refractivity (Wildman–Crippen MR) is 73.4 cm³/mol. The van der Waals surface area contributed by atoms with Gasteiger partial charge in [0, 0.05) is 11.3 Å². The summed E-state index contributed by atoms with van der Waals surface area (Å²) in [6.45, 7) is 0. The fraction of sp³-hybridized carbons (Fsp3) is 0.125. The molecule has 0 radical (unpaired) electrons. The number of anilines is 1. The van der Waals surface area contributed by atoms with E-state index in [1.54, 1.807) is 12.1 Å². The molecule has 0 saturated carbocycles. The van der Waals surface area contributed by atoms with Crippen LogP contribution in [-0.4, -0.2) is 0 Å². The molecule has 90 valence electrons. The van der Waals surface area contributed by atoms with Crippen molar-refractivity contribution in [2.24, 2.45) is 0 Å². The highest BCUT2D eigenvalue weighted by molar-refractivity contribution is 5.86. The second-order valence-corrected chi connectivity index (χ2v) is 4.61. The van der Waals surface area contributed by atoms with Gasteiger partial charge >= 0.3 is 0 Å². The molecule has 0 atom stereocenters. The molecule has 3 rings (SSSR count). The minimum Gasteiger partial charge on any atom is -0.399 e. The van der Waals surface area contributed by atoms with Crippen molar-refractivity contribution in [1.82, 2.24) is 0 Å². The van der Waals surface area contributed by atoms with Gasteiger partial charge in [0.25, 0.3) is 0 Å². The molecule has 0 unspecified atom stereocenters. The SMILES string of the molecule is Nc1ccc2c(c1)CCC2=Cc1ccccc1F. The number of halogens is 1. The van der Waals surface area contributed by atoms with Gasteiger partial charge in [-0.15, -0.1) is 0 Å². The molecule has 2 aromatic carbocycles. The fourth-order valence-electron chi connectivity index (χ4n) is 2.47. The number of hydrogen-bond acceptors (Lipinski definition) is 1. The van der Waals surface area contributed by atoms with Crippen LogP contribution in [0.3, 0.4) is 0 Å². The van der Waals surface area contributed by atoms with Gasteiger partial charge in [-0.2, -0.15) is 0 Å². The third-order valence-corrected chi connectivity index (χ3v) is 3.37. The van der Waals surface area contributed by atoms with Gasteiger partial charge < -0.3 is 5.73 Å². The van der Waals surface area contributed by atoms with Crippen molar-refractivity contribution in [2.75, 3.05) is 5.73 Å². The van der Waals surface area contributed by atoms with E-state index >= 15 is 0 Å². The van der Waals surface area contributed by atoms with E-state index in [9.17, 15) is 4.39 Å². The maximum absolute atomic E-state index is 13.6. The van der Waals surface area contributed by atoms with Crippen LogP contribution in [0, 0.1) is 5.82 Å². The van der Waals surface area contributed by atoms with Crippen LogP contribution in [0.1, 0.15) is 23.1 Å². The van der Waals surface area contributed by atoms with Crippen LogP contribution in [0.25, 0.3) is 11.6 Å². The van der Waals surface area contributed by atoms with Gasteiger partial charge in [0.1, 0.15) is 5.82 Å². The average molecular weight is 239 g/mol. The van der Waals surface area contributed by atoms with Crippen LogP contribution in [-0.2, 0) is 6.42 Å². The number of hydrogen-bond donors (Lipinski definition) is 1. The van der Waals surface area contributed by atoms with E-state index in [4.69, 9.17) is 5.73 Å². The molecule has 0 saturated heterocycles. The van der Waals surface area contributed by atoms with Gasteiger partial charge in [-0.25, -0.2) is 4.39 Å². The summed E-state index contributed by atoms with van der Waals surface area (Å²) < 4.78 is 13.6. The molecule has 0 bridgehead atoms. The standard InChI is InChI=1S/C16H14FN/c17-16-4-2-1-3-13(16)9-11-5-6-12-10-14(18)7-8-15(11)12/h1-4,7-10H,5-6,18H2. The first-order valence-electron chi connectivity index (χ1n) is 6.08. The summed E-state index contributed by atoms with van der Waals surface area (Å²) in [4.78, 5) is 0. The van der Waals surface area contributed by atoms with Gasteiger partial charge in [0.05, 0.1) is 0 Å². The van der Waals surface area contributed by atoms with Gasteiger partial charge in [-0.3, -0.25) is 0 Å². The summed E-state index contributed by atoms with van der Waals surface area (Å²) in [5, 5.41) is 0. The quantitative estimate of drug-likeness (QED) is 0.750. The van der Waals surface area contributed by atoms with E-state index in [0.717, 1.165) is 18.5 Å². The first kappa shape index (κ1) is 11.0. The second-order valence-electron chi connectivity index (χ2n) is 4.61. The lowest BCUT2D eigenvalue weighted by Crippen LogP contribution is -1.88. The summed E-state index contributed by atoms with van der Waals surface area (Å²) >= 11 is 0. The molecule has 0 aliphatic heterocycles. The molecule has 1 aliphatic rings. The van der Waals surface area contributed by atoms with Crippen LogP contribution < -0.4 is 5.73 Å². The van der Waals surface area contributed by atoms with Crippen molar-refractivity contribution >= 4 is 17.3 Å². The zero-order valence-corrected chi connectivity index (χ0v) is 9.99. The molecule has 1 nitrogen and oxygen atoms in total. The monoisotopic (exact) mass is 239 g/mol. The molecule has 18 heavy (non-hydrogen) atoms. The minimum atomic E-state index is -0.172. The Kier molecular flexibility index (Phi) is 2.63. The van der Waals surface area contributed by atoms with E-state index in [1.807, 2.05) is 30.3 Å². The van der Waals surface area contributed by atoms with Crippen LogP contribution in [0.4, 0.5) is 10.1 Å². The number of allylic oxidation sites excluding steroid dienone is 1. The Bertz CT molecular complexity index is 629. The highest BCUT2D eigenvalue weighted by Gasteiger charge is 2.16. The smallest absolute Gasteiger partial charge is 0.130 e. The molecule has 2 aromatic rings. The molecular weight excluding hydrogens is 225 g/mol. The normalized spacial score (nSPS) is 15.9. The maximum atomic E-state index is 13.6. The highest BCUT2D eigenvalue weighted by atomic mass is 19.1. The number of rotatable bonds is 1. The van der Waals surface area contributed by atoms with Crippen LogP contribution >= 0.6 is 0 Å². The Morgan fingerprint density at radius 3 is 2.72 bits per heavy atom. The third-order valence-electron chi connectivity index (χ3n) is 3.37. The summed E-state index contributed by atoms with van der Waals surface area (Å²) in [5.74, 6) is -0.172. The van der Waals surface area contributed by atoms with Crippen molar-refractivity contribution < 1.29 is 4.39 Å². The van der Waals surface area contributed by atoms with Crippen LogP contribution in [0.2, 0.25) is 0 Å². The lowest BCUT2D eigenvalue weighted by atomic mass is 10.0. The molecule has 0 amide bonds. The molecular formula is C16H14FN. The molecule has 2 heteroatoms. The lowest BCUT2D eigenvalue weighted by molar-refractivity contribution is 0.625. The Balaban J connectivity index is 2.04. The minimum absolute atomic E-state index is 0.172. The van der Waals surface area contributed by atoms with Gasteiger partial charge in [0.2, 0.25) is 0 Å². The molecule has 0 heterocycles. The van der Waals surface area contributed by atoms with Crippen molar-refractivity contribution in [3.05, 3.63) is 65.0 Å². The average Bonchev–Trinajstić information content (AvgIpc) is 2.74. The number of aryl methyl sites for hydroxylation is 1. The van der Waals surface area contributed by atoms with Crippen LogP contribution in [0.15, 0.2) is 42.5 Å². The van der Waals surface area contributed by atoms with E-state index < -0.39 is 0 Å². The molecule has 2 N–H and O–H groups in total. The molecule has 0 aromatic heterocycles. The summed E-state index contributed by atoms with van der Waals surface area (Å²) in [5.41, 5.74) is 10.9. The first-order valence-corrected chi connectivity index (χ1v) is 6.08. The number of fused-ring (bicyclic) bond motifs is 1. The lowest BCUT2D eigenvalue weighted by Gasteiger charge is -2.03. The van der Waals surface area contributed by atoms with Gasteiger partial charge in [0.15, 0.2) is 0 Å². The van der Waals surface area contributed by atoms with E-state index in [2.05, 4.69) is 0 Å². The number of benzene rings is 2. The molecule has 0 fully saturated rings. The Labute approximate surface area is 106 Å². The van der Waals surface area contributed by atoms with Crippen LogP contribution in [0.5, 0.6) is 0 Å². The third kappa shape index (κ3) is 1.90. The second kappa shape index (κ2) is 4.30. The van der Waals surface area contributed by atoms with Crippen molar-refractivity contribution in [2.45, 2.75) is 12.8 Å². The Hall–Kier alpha value is -2.09. The molecule has 0 spiro atoms. The van der Waals surface area contributed by atoms with Crippen molar-refractivity contribution in [1.29, 1.82) is 0 Å². The largest absolute Gasteiger partial charge is 0.399 e. The molecule has 1 aliphatic carbocycles. The zero-order chi connectivity index (χ0) is 12.5. The number of nitrogens with two attached hydrogens (primary N) is 1. The predicted octanol–water partition coefficient (Wildman–Crippen LogP) is 3.89. The van der Waals surface area contributed by atoms with Gasteiger partial charge in [-0.1, -0.05) is 24.3 Å². The van der Waals surface area contributed by atoms with Crippen molar-refractivity contribution in [3.8, 4) is 0 Å². The Morgan fingerprint density at radius 1 is 1.06 bits per heavy atom. The zero-order valence-electron chi connectivity index (χ0n) is 9.99. The Morgan fingerprint density at radius 2 is 1.89 bits per heavy atom.